The zero-order valence-corrected chi connectivity index (χ0v) is 14.5. The topological polar surface area (TPSA) is 29.9 Å². The van der Waals surface area contributed by atoms with Crippen LogP contribution in [0.3, 0.4) is 0 Å². The molecule has 0 bridgehead atoms. The molecule has 1 atom stereocenters. The molecule has 20 heavy (non-hydrogen) atoms. The Morgan fingerprint density at radius 1 is 1.40 bits per heavy atom. The molecule has 0 spiro atoms. The van der Waals surface area contributed by atoms with Gasteiger partial charge in [-0.2, -0.15) is 5.10 Å². The molecule has 2 rings (SSSR count). The Kier molecular flexibility index (Phi) is 5.35. The molecule has 0 aliphatic heterocycles. The molecule has 0 fully saturated rings. The first-order valence-electron chi connectivity index (χ1n) is 6.40. The summed E-state index contributed by atoms with van der Waals surface area (Å²) >= 11 is 6.78. The highest BCUT2D eigenvalue weighted by Gasteiger charge is 2.23. The number of benzene rings is 1. The number of aryl methyl sites for hydroxylation is 1. The molecule has 1 heterocycles. The zero-order chi connectivity index (χ0) is 14.7. The van der Waals surface area contributed by atoms with Crippen molar-refractivity contribution in [2.75, 3.05) is 6.54 Å². The monoisotopic (exact) mass is 403 g/mol. The van der Waals surface area contributed by atoms with E-state index < -0.39 is 0 Å². The third-order valence-corrected chi connectivity index (χ3v) is 4.19. The van der Waals surface area contributed by atoms with E-state index in [0.29, 0.717) is 5.56 Å². The number of rotatable bonds is 5. The molecular weight excluding hydrogens is 389 g/mol. The molecule has 0 aliphatic carbocycles. The summed E-state index contributed by atoms with van der Waals surface area (Å²) in [6.45, 7) is 2.89. The number of nitrogens with one attached hydrogen (secondary N) is 1. The highest BCUT2D eigenvalue weighted by atomic mass is 79.9. The van der Waals surface area contributed by atoms with Crippen LogP contribution in [0.5, 0.6) is 0 Å². The standard InChI is InChI=1S/C14H16Br2FN3/c1-3-6-18-13(14-11(16)8-19-20(14)2)10-5-4-9(15)7-12(10)17/h4-5,7-8,13,18H,3,6H2,1-2H3. The van der Waals surface area contributed by atoms with Crippen LogP contribution in [0.2, 0.25) is 0 Å². The van der Waals surface area contributed by atoms with Crippen LogP contribution in [0.4, 0.5) is 4.39 Å². The van der Waals surface area contributed by atoms with Crippen LogP contribution in [-0.4, -0.2) is 16.3 Å². The van der Waals surface area contributed by atoms with Gasteiger partial charge in [-0.1, -0.05) is 28.9 Å². The first-order valence-corrected chi connectivity index (χ1v) is 7.99. The van der Waals surface area contributed by atoms with Gasteiger partial charge in [-0.15, -0.1) is 0 Å². The molecule has 108 valence electrons. The van der Waals surface area contributed by atoms with Crippen molar-refractivity contribution in [1.29, 1.82) is 0 Å². The highest BCUT2D eigenvalue weighted by molar-refractivity contribution is 9.10. The third-order valence-electron chi connectivity index (χ3n) is 3.08. The van der Waals surface area contributed by atoms with E-state index >= 15 is 0 Å². The second-order valence-corrected chi connectivity index (χ2v) is 6.32. The van der Waals surface area contributed by atoms with Crippen molar-refractivity contribution in [2.24, 2.45) is 7.05 Å². The van der Waals surface area contributed by atoms with Crippen LogP contribution in [0.15, 0.2) is 33.3 Å². The van der Waals surface area contributed by atoms with Gasteiger partial charge < -0.3 is 5.32 Å². The van der Waals surface area contributed by atoms with Crippen molar-refractivity contribution < 1.29 is 4.39 Å². The Balaban J connectivity index is 2.47. The summed E-state index contributed by atoms with van der Waals surface area (Å²) in [6, 6.07) is 4.90. The minimum Gasteiger partial charge on any atom is -0.305 e. The van der Waals surface area contributed by atoms with Crippen molar-refractivity contribution in [3.8, 4) is 0 Å². The van der Waals surface area contributed by atoms with Crippen LogP contribution in [0.25, 0.3) is 0 Å². The van der Waals surface area contributed by atoms with E-state index in [-0.39, 0.29) is 11.9 Å². The molecule has 1 aromatic heterocycles. The molecule has 0 aliphatic rings. The van der Waals surface area contributed by atoms with E-state index in [1.807, 2.05) is 13.1 Å². The Bertz CT molecular complexity index is 579. The molecule has 1 N–H and O–H groups in total. The second kappa shape index (κ2) is 6.83. The van der Waals surface area contributed by atoms with E-state index in [1.165, 1.54) is 6.07 Å². The van der Waals surface area contributed by atoms with E-state index in [0.717, 1.165) is 27.6 Å². The van der Waals surface area contributed by atoms with Crippen molar-refractivity contribution in [1.82, 2.24) is 15.1 Å². The van der Waals surface area contributed by atoms with E-state index in [1.54, 1.807) is 16.9 Å². The molecular formula is C14H16Br2FN3. The van der Waals surface area contributed by atoms with Crippen LogP contribution in [0.1, 0.15) is 30.6 Å². The van der Waals surface area contributed by atoms with Gasteiger partial charge in [-0.25, -0.2) is 4.39 Å². The summed E-state index contributed by atoms with van der Waals surface area (Å²) in [5.74, 6) is -0.235. The minimum atomic E-state index is -0.235. The van der Waals surface area contributed by atoms with Gasteiger partial charge >= 0.3 is 0 Å². The maximum absolute atomic E-state index is 14.3. The average molecular weight is 405 g/mol. The summed E-state index contributed by atoms with van der Waals surface area (Å²) in [4.78, 5) is 0. The lowest BCUT2D eigenvalue weighted by Crippen LogP contribution is -2.26. The maximum Gasteiger partial charge on any atom is 0.129 e. The predicted molar refractivity (Wildman–Crippen MR) is 85.1 cm³/mol. The molecule has 2 aromatic rings. The fourth-order valence-corrected chi connectivity index (χ4v) is 3.03. The molecule has 3 nitrogen and oxygen atoms in total. The first kappa shape index (κ1) is 15.7. The molecule has 1 unspecified atom stereocenters. The lowest BCUT2D eigenvalue weighted by molar-refractivity contribution is 0.518. The number of aromatic nitrogens is 2. The van der Waals surface area contributed by atoms with Crippen molar-refractivity contribution in [2.45, 2.75) is 19.4 Å². The fourth-order valence-electron chi connectivity index (χ4n) is 2.12. The molecule has 6 heteroatoms. The van der Waals surface area contributed by atoms with E-state index in [2.05, 4.69) is 49.2 Å². The maximum atomic E-state index is 14.3. The smallest absolute Gasteiger partial charge is 0.129 e. The van der Waals surface area contributed by atoms with Crippen molar-refractivity contribution in [3.05, 3.63) is 50.4 Å². The molecule has 0 saturated heterocycles. The number of halogens is 3. The normalized spacial score (nSPS) is 12.7. The van der Waals surface area contributed by atoms with Crippen LogP contribution >= 0.6 is 31.9 Å². The summed E-state index contributed by atoms with van der Waals surface area (Å²) in [5, 5.41) is 7.60. The van der Waals surface area contributed by atoms with Gasteiger partial charge in [0.1, 0.15) is 5.82 Å². The van der Waals surface area contributed by atoms with Crippen molar-refractivity contribution in [3.63, 3.8) is 0 Å². The predicted octanol–water partition coefficient (Wildman–Crippen LogP) is 4.17. The molecule has 0 amide bonds. The molecule has 0 saturated carbocycles. The van der Waals surface area contributed by atoms with Gasteiger partial charge in [-0.3, -0.25) is 4.68 Å². The van der Waals surface area contributed by atoms with E-state index in [9.17, 15) is 4.39 Å². The Hall–Kier alpha value is -0.720. The van der Waals surface area contributed by atoms with Gasteiger partial charge in [0.05, 0.1) is 22.4 Å². The Morgan fingerprint density at radius 2 is 2.15 bits per heavy atom. The quantitative estimate of drug-likeness (QED) is 0.810. The second-order valence-electron chi connectivity index (χ2n) is 4.55. The SMILES string of the molecule is CCCNC(c1ccc(Br)cc1F)c1c(Br)cnn1C. The number of nitrogens with zero attached hydrogens (tertiary/aromatic N) is 2. The summed E-state index contributed by atoms with van der Waals surface area (Å²) in [6.07, 6.45) is 2.71. The van der Waals surface area contributed by atoms with Gasteiger partial charge in [0.25, 0.3) is 0 Å². The van der Waals surface area contributed by atoms with Gasteiger partial charge in [0, 0.05) is 17.1 Å². The van der Waals surface area contributed by atoms with Gasteiger partial charge in [0.15, 0.2) is 0 Å². The van der Waals surface area contributed by atoms with Crippen molar-refractivity contribution >= 4 is 31.9 Å². The number of hydrogen-bond acceptors (Lipinski definition) is 2. The highest BCUT2D eigenvalue weighted by Crippen LogP contribution is 2.30. The number of hydrogen-bond donors (Lipinski definition) is 1. The van der Waals surface area contributed by atoms with Crippen LogP contribution in [0, 0.1) is 5.82 Å². The average Bonchev–Trinajstić information content (AvgIpc) is 2.72. The first-order chi connectivity index (χ1) is 9.54. The minimum absolute atomic E-state index is 0.232. The molecule has 1 aromatic carbocycles. The summed E-state index contributed by atoms with van der Waals surface area (Å²) in [7, 11) is 1.86. The largest absolute Gasteiger partial charge is 0.305 e. The zero-order valence-electron chi connectivity index (χ0n) is 11.3. The molecule has 0 radical (unpaired) electrons. The van der Waals surface area contributed by atoms with Crippen LogP contribution in [-0.2, 0) is 7.05 Å². The summed E-state index contributed by atoms with van der Waals surface area (Å²) < 4.78 is 17.6. The van der Waals surface area contributed by atoms with Gasteiger partial charge in [0.2, 0.25) is 0 Å². The Morgan fingerprint density at radius 3 is 2.70 bits per heavy atom. The third kappa shape index (κ3) is 3.30. The van der Waals surface area contributed by atoms with Gasteiger partial charge in [-0.05, 0) is 41.0 Å². The Labute approximate surface area is 134 Å². The lowest BCUT2D eigenvalue weighted by atomic mass is 10.0. The fraction of sp³-hybridized carbons (Fsp3) is 0.357. The van der Waals surface area contributed by atoms with E-state index in [4.69, 9.17) is 0 Å². The lowest BCUT2D eigenvalue weighted by Gasteiger charge is -2.21. The van der Waals surface area contributed by atoms with Crippen LogP contribution < -0.4 is 5.32 Å². The summed E-state index contributed by atoms with van der Waals surface area (Å²) in [5.41, 5.74) is 1.53.